The molecule has 1 N–H and O–H groups in total. The molecule has 0 aliphatic rings. The summed E-state index contributed by atoms with van der Waals surface area (Å²) in [6.07, 6.45) is 0.00636. The molecular formula is C18H14ClN3O5. The normalized spacial score (nSPS) is 11.8. The highest BCUT2D eigenvalue weighted by atomic mass is 35.5. The van der Waals surface area contributed by atoms with E-state index < -0.39 is 17.1 Å². The van der Waals surface area contributed by atoms with Crippen molar-refractivity contribution in [3.05, 3.63) is 75.5 Å². The summed E-state index contributed by atoms with van der Waals surface area (Å²) in [6.45, 7) is 1.70. The highest BCUT2D eigenvalue weighted by Crippen LogP contribution is 2.37. The van der Waals surface area contributed by atoms with Crippen LogP contribution in [-0.4, -0.2) is 21.3 Å². The molecule has 2 aromatic carbocycles. The number of aromatic nitrogens is 1. The lowest BCUT2D eigenvalue weighted by molar-refractivity contribution is -0.384. The molecule has 3 aromatic rings. The smallest absolute Gasteiger partial charge is 0.412 e. The zero-order valence-electron chi connectivity index (χ0n) is 14.1. The fourth-order valence-corrected chi connectivity index (χ4v) is 3.07. The molecule has 1 unspecified atom stereocenters. The molecule has 1 aromatic heterocycles. The minimum atomic E-state index is -1.21. The number of carboxylic acid groups (broad SMARTS) is 1. The van der Waals surface area contributed by atoms with Crippen LogP contribution in [0.2, 0.25) is 5.02 Å². The monoisotopic (exact) mass is 387 g/mol. The van der Waals surface area contributed by atoms with Crippen molar-refractivity contribution in [1.29, 1.82) is 0 Å². The number of amides is 1. The van der Waals surface area contributed by atoms with Crippen molar-refractivity contribution in [3.63, 3.8) is 0 Å². The quantitative estimate of drug-likeness (QED) is 0.479. The van der Waals surface area contributed by atoms with E-state index in [1.54, 1.807) is 31.2 Å². The molecule has 0 radical (unpaired) electrons. The van der Waals surface area contributed by atoms with Crippen molar-refractivity contribution < 1.29 is 19.3 Å². The third kappa shape index (κ3) is 3.61. The summed E-state index contributed by atoms with van der Waals surface area (Å²) < 4.78 is 5.00. The van der Waals surface area contributed by atoms with Crippen molar-refractivity contribution in [3.8, 4) is 11.3 Å². The van der Waals surface area contributed by atoms with Crippen LogP contribution < -0.4 is 4.90 Å². The van der Waals surface area contributed by atoms with E-state index in [9.17, 15) is 20.0 Å². The summed E-state index contributed by atoms with van der Waals surface area (Å²) >= 11 is 6.21. The maximum atomic E-state index is 12.0. The highest BCUT2D eigenvalue weighted by molar-refractivity contribution is 6.31. The van der Waals surface area contributed by atoms with E-state index in [1.165, 1.54) is 30.5 Å². The number of rotatable bonds is 5. The first-order valence-corrected chi connectivity index (χ1v) is 8.23. The first kappa shape index (κ1) is 18.4. The number of hydrogen-bond donors (Lipinski definition) is 1. The van der Waals surface area contributed by atoms with Crippen molar-refractivity contribution in [2.45, 2.75) is 13.0 Å². The van der Waals surface area contributed by atoms with E-state index in [4.69, 9.17) is 16.1 Å². The summed E-state index contributed by atoms with van der Waals surface area (Å²) in [6, 6.07) is 11.9. The number of nitro benzene ring substituents is 1. The predicted octanol–water partition coefficient (Wildman–Crippen LogP) is 5.15. The highest BCUT2D eigenvalue weighted by Gasteiger charge is 2.29. The summed E-state index contributed by atoms with van der Waals surface area (Å²) in [5.41, 5.74) is 1.50. The summed E-state index contributed by atoms with van der Waals surface area (Å²) in [4.78, 5) is 23.4. The van der Waals surface area contributed by atoms with Gasteiger partial charge in [-0.25, -0.2) is 4.79 Å². The van der Waals surface area contributed by atoms with E-state index in [-0.39, 0.29) is 17.1 Å². The second-order valence-corrected chi connectivity index (χ2v) is 6.11. The van der Waals surface area contributed by atoms with Gasteiger partial charge < -0.3 is 9.63 Å². The molecule has 1 amide bonds. The van der Waals surface area contributed by atoms with Gasteiger partial charge in [-0.05, 0) is 30.7 Å². The molecule has 1 heterocycles. The van der Waals surface area contributed by atoms with Crippen LogP contribution >= 0.6 is 11.6 Å². The number of non-ortho nitro benzene ring substituents is 1. The molecule has 8 nitrogen and oxygen atoms in total. The van der Waals surface area contributed by atoms with Crippen LogP contribution in [0.5, 0.6) is 0 Å². The first-order valence-electron chi connectivity index (χ1n) is 7.86. The molecule has 0 spiro atoms. The van der Waals surface area contributed by atoms with Crippen molar-refractivity contribution in [2.24, 2.45) is 0 Å². The van der Waals surface area contributed by atoms with Gasteiger partial charge in [0.2, 0.25) is 0 Å². The van der Waals surface area contributed by atoms with Gasteiger partial charge in [0, 0.05) is 22.7 Å². The van der Waals surface area contributed by atoms with Gasteiger partial charge in [-0.1, -0.05) is 35.0 Å². The average molecular weight is 388 g/mol. The van der Waals surface area contributed by atoms with Crippen LogP contribution in [0.1, 0.15) is 18.5 Å². The summed E-state index contributed by atoms with van der Waals surface area (Å²) in [5, 5.41) is 24.9. The molecule has 0 saturated heterocycles. The lowest BCUT2D eigenvalue weighted by Crippen LogP contribution is -2.32. The molecule has 0 aliphatic heterocycles. The third-order valence-electron chi connectivity index (χ3n) is 4.11. The van der Waals surface area contributed by atoms with Crippen molar-refractivity contribution in [1.82, 2.24) is 5.16 Å². The Kier molecular flexibility index (Phi) is 5.09. The van der Waals surface area contributed by atoms with Crippen LogP contribution in [0, 0.1) is 10.1 Å². The lowest BCUT2D eigenvalue weighted by atomic mass is 10.1. The van der Waals surface area contributed by atoms with Gasteiger partial charge >= 0.3 is 6.09 Å². The van der Waals surface area contributed by atoms with Crippen molar-refractivity contribution >= 4 is 29.1 Å². The Balaban J connectivity index is 2.03. The van der Waals surface area contributed by atoms with Crippen LogP contribution in [0.3, 0.4) is 0 Å². The van der Waals surface area contributed by atoms with Gasteiger partial charge in [-0.15, -0.1) is 0 Å². The number of nitro groups is 1. The SMILES string of the molecule is CC(c1ccccc1Cl)N(C(=O)O)c1conc1-c1ccc([N+](=O)[O-])cc1. The van der Waals surface area contributed by atoms with E-state index >= 15 is 0 Å². The Morgan fingerprint density at radius 1 is 1.26 bits per heavy atom. The van der Waals surface area contributed by atoms with Crippen molar-refractivity contribution in [2.75, 3.05) is 4.90 Å². The Hall–Kier alpha value is -3.39. The van der Waals surface area contributed by atoms with Crippen LogP contribution in [0.4, 0.5) is 16.2 Å². The third-order valence-corrected chi connectivity index (χ3v) is 4.45. The first-order chi connectivity index (χ1) is 12.9. The molecule has 0 aliphatic carbocycles. The molecule has 138 valence electrons. The average Bonchev–Trinajstić information content (AvgIpc) is 3.11. The van der Waals surface area contributed by atoms with Crippen LogP contribution in [0.15, 0.2) is 59.3 Å². The van der Waals surface area contributed by atoms with E-state index in [0.717, 1.165) is 4.90 Å². The van der Waals surface area contributed by atoms with E-state index in [1.807, 2.05) is 0 Å². The standard InChI is InChI=1S/C18H14ClN3O5/c1-11(14-4-2-3-5-15(14)19)21(18(23)24)16-10-27-20-17(16)12-6-8-13(9-7-12)22(25)26/h2-11H,1H3,(H,23,24). The Bertz CT molecular complexity index is 987. The lowest BCUT2D eigenvalue weighted by Gasteiger charge is -2.26. The Labute approximate surface area is 158 Å². The van der Waals surface area contributed by atoms with E-state index in [0.29, 0.717) is 16.1 Å². The predicted molar refractivity (Wildman–Crippen MR) is 99.0 cm³/mol. The maximum Gasteiger partial charge on any atom is 0.412 e. The molecular weight excluding hydrogens is 374 g/mol. The fraction of sp³-hybridized carbons (Fsp3) is 0.111. The van der Waals surface area contributed by atoms with Crippen LogP contribution in [-0.2, 0) is 0 Å². The Morgan fingerprint density at radius 2 is 1.93 bits per heavy atom. The summed E-state index contributed by atoms with van der Waals surface area (Å²) in [7, 11) is 0. The van der Waals surface area contributed by atoms with Gasteiger partial charge in [-0.2, -0.15) is 0 Å². The zero-order valence-corrected chi connectivity index (χ0v) is 14.8. The number of hydrogen-bond acceptors (Lipinski definition) is 5. The molecule has 1 atom stereocenters. The number of anilines is 1. The molecule has 0 fully saturated rings. The molecule has 0 bridgehead atoms. The van der Waals surface area contributed by atoms with Gasteiger partial charge in [0.15, 0.2) is 0 Å². The minimum Gasteiger partial charge on any atom is -0.465 e. The van der Waals surface area contributed by atoms with Gasteiger partial charge in [0.05, 0.1) is 11.0 Å². The molecule has 0 saturated carbocycles. The van der Waals surface area contributed by atoms with E-state index in [2.05, 4.69) is 5.16 Å². The minimum absolute atomic E-state index is 0.0803. The second-order valence-electron chi connectivity index (χ2n) is 5.70. The molecule has 3 rings (SSSR count). The fourth-order valence-electron chi connectivity index (χ4n) is 2.77. The largest absolute Gasteiger partial charge is 0.465 e. The second kappa shape index (κ2) is 7.46. The number of benzene rings is 2. The van der Waals surface area contributed by atoms with Gasteiger partial charge in [-0.3, -0.25) is 15.0 Å². The van der Waals surface area contributed by atoms with Gasteiger partial charge in [0.25, 0.3) is 5.69 Å². The van der Waals surface area contributed by atoms with Gasteiger partial charge in [0.1, 0.15) is 17.6 Å². The maximum absolute atomic E-state index is 12.0. The Morgan fingerprint density at radius 3 is 2.52 bits per heavy atom. The zero-order chi connectivity index (χ0) is 19.6. The number of nitrogens with zero attached hydrogens (tertiary/aromatic N) is 3. The topological polar surface area (TPSA) is 110 Å². The number of carbonyl (C=O) groups is 1. The van der Waals surface area contributed by atoms with Crippen LogP contribution in [0.25, 0.3) is 11.3 Å². The number of halogens is 1. The molecule has 27 heavy (non-hydrogen) atoms. The molecule has 9 heteroatoms. The summed E-state index contributed by atoms with van der Waals surface area (Å²) in [5.74, 6) is 0.